The first kappa shape index (κ1) is 18.2. The average molecular weight is 369 g/mol. The summed E-state index contributed by atoms with van der Waals surface area (Å²) in [5.74, 6) is -1.22. The van der Waals surface area contributed by atoms with Crippen molar-refractivity contribution in [2.75, 3.05) is 6.61 Å². The molecule has 1 aromatic heterocycles. The first-order valence-electron chi connectivity index (χ1n) is 6.46. The Morgan fingerprint density at radius 2 is 1.83 bits per heavy atom. The van der Waals surface area contributed by atoms with Crippen LogP contribution in [-0.4, -0.2) is 17.6 Å². The standard InChI is InChI=1S/C14H9F6NO2S/c1-2-23-12(22)9-10(14(18,19)20)21-11(24-9)7-4-3-5-8(6-7)13(15,16)17/h3-6H,2H2,1H3. The molecule has 0 aliphatic heterocycles. The fourth-order valence-corrected chi connectivity index (χ4v) is 2.77. The third-order valence-corrected chi connectivity index (χ3v) is 3.88. The maximum absolute atomic E-state index is 13.0. The van der Waals surface area contributed by atoms with Crippen LogP contribution in [0.15, 0.2) is 24.3 Å². The number of nitrogens with zero attached hydrogens (tertiary/aromatic N) is 1. The van der Waals surface area contributed by atoms with Crippen molar-refractivity contribution in [2.24, 2.45) is 0 Å². The molecule has 0 saturated carbocycles. The lowest BCUT2D eigenvalue weighted by atomic mass is 10.1. The monoisotopic (exact) mass is 369 g/mol. The molecule has 1 heterocycles. The Kier molecular flexibility index (Phi) is 4.88. The molecule has 3 nitrogen and oxygen atoms in total. The van der Waals surface area contributed by atoms with Crippen LogP contribution in [0, 0.1) is 0 Å². The van der Waals surface area contributed by atoms with Gasteiger partial charge in [0.05, 0.1) is 12.2 Å². The maximum Gasteiger partial charge on any atom is 0.435 e. The van der Waals surface area contributed by atoms with Gasteiger partial charge in [-0.3, -0.25) is 0 Å². The molecule has 2 rings (SSSR count). The SMILES string of the molecule is CCOC(=O)c1sc(-c2cccc(C(F)(F)F)c2)nc1C(F)(F)F. The molecule has 0 fully saturated rings. The minimum atomic E-state index is -4.93. The fraction of sp³-hybridized carbons (Fsp3) is 0.286. The van der Waals surface area contributed by atoms with Crippen molar-refractivity contribution in [3.05, 3.63) is 40.4 Å². The van der Waals surface area contributed by atoms with Crippen molar-refractivity contribution in [1.29, 1.82) is 0 Å². The number of aromatic nitrogens is 1. The van der Waals surface area contributed by atoms with E-state index in [2.05, 4.69) is 9.72 Å². The highest BCUT2D eigenvalue weighted by Gasteiger charge is 2.40. The molecule has 0 bridgehead atoms. The Morgan fingerprint density at radius 1 is 1.17 bits per heavy atom. The van der Waals surface area contributed by atoms with Crippen LogP contribution in [0.1, 0.15) is 27.9 Å². The Balaban J connectivity index is 2.55. The highest BCUT2D eigenvalue weighted by Crippen LogP contribution is 2.39. The van der Waals surface area contributed by atoms with Crippen LogP contribution in [0.3, 0.4) is 0 Å². The summed E-state index contributed by atoms with van der Waals surface area (Å²) >= 11 is 0.334. The second-order valence-corrected chi connectivity index (χ2v) is 5.49. The number of benzene rings is 1. The maximum atomic E-state index is 13.0. The van der Waals surface area contributed by atoms with Gasteiger partial charge in [-0.25, -0.2) is 9.78 Å². The van der Waals surface area contributed by atoms with Crippen molar-refractivity contribution in [3.63, 3.8) is 0 Å². The van der Waals surface area contributed by atoms with Crippen molar-refractivity contribution >= 4 is 17.3 Å². The molecule has 24 heavy (non-hydrogen) atoms. The Bertz CT molecular complexity index is 750. The summed E-state index contributed by atoms with van der Waals surface area (Å²) in [6, 6.07) is 3.70. The van der Waals surface area contributed by atoms with Gasteiger partial charge in [-0.05, 0) is 19.1 Å². The minimum absolute atomic E-state index is 0.146. The molecular formula is C14H9F6NO2S. The van der Waals surface area contributed by atoms with E-state index in [0.717, 1.165) is 12.1 Å². The van der Waals surface area contributed by atoms with E-state index in [1.54, 1.807) is 0 Å². The number of ether oxygens (including phenoxy) is 1. The summed E-state index contributed by atoms with van der Waals surface area (Å²) < 4.78 is 81.7. The number of alkyl halides is 6. The third kappa shape index (κ3) is 3.86. The van der Waals surface area contributed by atoms with Gasteiger partial charge in [-0.2, -0.15) is 26.3 Å². The van der Waals surface area contributed by atoms with Crippen molar-refractivity contribution < 1.29 is 35.9 Å². The number of halogens is 6. The second kappa shape index (κ2) is 6.42. The zero-order chi connectivity index (χ0) is 18.1. The average Bonchev–Trinajstić information content (AvgIpc) is 2.92. The minimum Gasteiger partial charge on any atom is -0.462 e. The van der Waals surface area contributed by atoms with Crippen LogP contribution in [0.2, 0.25) is 0 Å². The molecule has 0 radical (unpaired) electrons. The van der Waals surface area contributed by atoms with Gasteiger partial charge in [0.2, 0.25) is 0 Å². The lowest BCUT2D eigenvalue weighted by Crippen LogP contribution is -2.13. The molecule has 0 spiro atoms. The molecule has 1 aromatic carbocycles. The van der Waals surface area contributed by atoms with Crippen LogP contribution < -0.4 is 0 Å². The second-order valence-electron chi connectivity index (χ2n) is 4.49. The molecule has 10 heteroatoms. The first-order chi connectivity index (χ1) is 11.0. The molecule has 0 aliphatic carbocycles. The van der Waals surface area contributed by atoms with Crippen LogP contribution >= 0.6 is 11.3 Å². The number of esters is 1. The molecular weight excluding hydrogens is 360 g/mol. The topological polar surface area (TPSA) is 39.2 Å². The number of hydrogen-bond donors (Lipinski definition) is 0. The predicted molar refractivity (Wildman–Crippen MR) is 73.5 cm³/mol. The smallest absolute Gasteiger partial charge is 0.435 e. The Labute approximate surface area is 135 Å². The summed E-state index contributed by atoms with van der Waals surface area (Å²) in [5.41, 5.74) is -2.67. The number of thiazole rings is 1. The van der Waals surface area contributed by atoms with Crippen molar-refractivity contribution in [3.8, 4) is 10.6 Å². The number of carbonyl (C=O) groups excluding carboxylic acids is 1. The van der Waals surface area contributed by atoms with Gasteiger partial charge in [-0.1, -0.05) is 12.1 Å². The molecule has 2 aromatic rings. The van der Waals surface area contributed by atoms with Crippen LogP contribution in [0.5, 0.6) is 0 Å². The van der Waals surface area contributed by atoms with Crippen LogP contribution in [0.4, 0.5) is 26.3 Å². The van der Waals surface area contributed by atoms with E-state index in [-0.39, 0.29) is 17.2 Å². The Morgan fingerprint density at radius 3 is 2.38 bits per heavy atom. The zero-order valence-electron chi connectivity index (χ0n) is 12.0. The fourth-order valence-electron chi connectivity index (χ4n) is 1.80. The van der Waals surface area contributed by atoms with E-state index in [0.29, 0.717) is 17.4 Å². The van der Waals surface area contributed by atoms with E-state index < -0.39 is 34.5 Å². The number of rotatable bonds is 3. The lowest BCUT2D eigenvalue weighted by molar-refractivity contribution is -0.141. The molecule has 0 aliphatic rings. The van der Waals surface area contributed by atoms with Gasteiger partial charge >= 0.3 is 18.3 Å². The summed E-state index contributed by atoms with van der Waals surface area (Å²) in [6.07, 6.45) is -9.58. The quantitative estimate of drug-likeness (QED) is 0.563. The van der Waals surface area contributed by atoms with E-state index in [4.69, 9.17) is 0 Å². The highest BCUT2D eigenvalue weighted by atomic mass is 32.1. The Hall–Kier alpha value is -2.10. The van der Waals surface area contributed by atoms with Gasteiger partial charge < -0.3 is 4.74 Å². The van der Waals surface area contributed by atoms with Gasteiger partial charge in [-0.15, -0.1) is 11.3 Å². The van der Waals surface area contributed by atoms with Crippen molar-refractivity contribution in [2.45, 2.75) is 19.3 Å². The third-order valence-electron chi connectivity index (χ3n) is 2.79. The summed E-state index contributed by atoms with van der Waals surface area (Å²) in [7, 11) is 0. The lowest BCUT2D eigenvalue weighted by Gasteiger charge is -2.07. The predicted octanol–water partition coefficient (Wildman–Crippen LogP) is 5.02. The normalized spacial score (nSPS) is 12.3. The van der Waals surface area contributed by atoms with Gasteiger partial charge in [0.25, 0.3) is 0 Å². The van der Waals surface area contributed by atoms with E-state index in [9.17, 15) is 31.1 Å². The molecule has 0 unspecified atom stereocenters. The zero-order valence-corrected chi connectivity index (χ0v) is 12.8. The first-order valence-corrected chi connectivity index (χ1v) is 7.28. The van der Waals surface area contributed by atoms with Gasteiger partial charge in [0.1, 0.15) is 9.88 Å². The highest BCUT2D eigenvalue weighted by molar-refractivity contribution is 7.17. The van der Waals surface area contributed by atoms with E-state index in [1.807, 2.05) is 0 Å². The summed E-state index contributed by atoms with van der Waals surface area (Å²) in [4.78, 5) is 14.2. The van der Waals surface area contributed by atoms with Crippen LogP contribution in [-0.2, 0) is 17.1 Å². The summed E-state index contributed by atoms with van der Waals surface area (Å²) in [5, 5.41) is -0.350. The number of hydrogen-bond acceptors (Lipinski definition) is 4. The molecule has 0 N–H and O–H groups in total. The summed E-state index contributed by atoms with van der Waals surface area (Å²) in [6.45, 7) is 1.27. The number of carbonyl (C=O) groups is 1. The van der Waals surface area contributed by atoms with Crippen molar-refractivity contribution in [1.82, 2.24) is 4.98 Å². The largest absolute Gasteiger partial charge is 0.462 e. The molecule has 0 saturated heterocycles. The van der Waals surface area contributed by atoms with E-state index in [1.165, 1.54) is 13.0 Å². The van der Waals surface area contributed by atoms with Gasteiger partial charge in [0, 0.05) is 5.56 Å². The molecule has 0 amide bonds. The molecule has 0 atom stereocenters. The van der Waals surface area contributed by atoms with Crippen LogP contribution in [0.25, 0.3) is 10.6 Å². The molecule has 130 valence electrons. The van der Waals surface area contributed by atoms with E-state index >= 15 is 0 Å². The van der Waals surface area contributed by atoms with Gasteiger partial charge in [0.15, 0.2) is 5.69 Å².